The van der Waals surface area contributed by atoms with E-state index in [1.165, 1.54) is 57.8 Å². The highest BCUT2D eigenvalue weighted by atomic mass is 31.2. The molecule has 2 aromatic rings. The fourth-order valence-electron chi connectivity index (χ4n) is 8.39. The van der Waals surface area contributed by atoms with E-state index in [4.69, 9.17) is 9.47 Å². The number of unbranched alkanes of at least 4 members (excludes halogenated alkanes) is 1. The van der Waals surface area contributed by atoms with Crippen LogP contribution >= 0.6 is 7.14 Å². The van der Waals surface area contributed by atoms with Crippen molar-refractivity contribution in [1.82, 2.24) is 0 Å². The fraction of sp³-hybridized carbons (Fsp3) is 0.632. The molecule has 2 aliphatic carbocycles. The average Bonchev–Trinajstić information content (AvgIpc) is 3.36. The first-order valence-corrected chi connectivity index (χ1v) is 18.6. The molecule has 0 aliphatic heterocycles. The maximum Gasteiger partial charge on any atom is 0.147 e. The van der Waals surface area contributed by atoms with Gasteiger partial charge in [-0.3, -0.25) is 0 Å². The molecule has 2 aromatic carbocycles. The van der Waals surface area contributed by atoms with E-state index in [0.717, 1.165) is 22.9 Å². The molecule has 0 unspecified atom stereocenters. The molecule has 4 rings (SSSR count). The molecule has 42 heavy (non-hydrogen) atoms. The number of hydrogen-bond acceptors (Lipinski definition) is 3. The Labute approximate surface area is 257 Å². The van der Waals surface area contributed by atoms with Crippen molar-refractivity contribution in [2.24, 2.45) is 29.1 Å². The molecule has 2 fully saturated rings. The third-order valence-electron chi connectivity index (χ3n) is 10.8. The highest BCUT2D eigenvalue weighted by molar-refractivity contribution is 7.78. The van der Waals surface area contributed by atoms with Crippen LogP contribution in [0.4, 0.5) is 0 Å². The topological polar surface area (TPSA) is 35.5 Å². The molecule has 3 nitrogen and oxygen atoms in total. The minimum Gasteiger partial charge on any atom is -0.359 e. The molecule has 0 N–H and O–H groups in total. The Morgan fingerprint density at radius 2 is 1.64 bits per heavy atom. The van der Waals surface area contributed by atoms with Gasteiger partial charge in [-0.1, -0.05) is 119 Å². The Morgan fingerprint density at radius 3 is 2.24 bits per heavy atom. The number of ether oxygens (including phenoxy) is 2. The van der Waals surface area contributed by atoms with Crippen molar-refractivity contribution in [3.05, 3.63) is 72.3 Å². The summed E-state index contributed by atoms with van der Waals surface area (Å²) in [6.45, 7) is 12.1. The Bertz CT molecular complexity index is 1130. The lowest BCUT2D eigenvalue weighted by atomic mass is 9.58. The highest BCUT2D eigenvalue weighted by Crippen LogP contribution is 2.62. The van der Waals surface area contributed by atoms with Gasteiger partial charge in [0.05, 0.1) is 5.60 Å². The third kappa shape index (κ3) is 7.69. The van der Waals surface area contributed by atoms with Crippen LogP contribution in [0.2, 0.25) is 0 Å². The van der Waals surface area contributed by atoms with Gasteiger partial charge in [0.1, 0.15) is 13.9 Å². The first kappa shape index (κ1) is 33.2. The van der Waals surface area contributed by atoms with Gasteiger partial charge in [-0.25, -0.2) is 0 Å². The van der Waals surface area contributed by atoms with Crippen LogP contribution in [-0.2, 0) is 14.0 Å². The van der Waals surface area contributed by atoms with E-state index in [-0.39, 0.29) is 5.60 Å². The van der Waals surface area contributed by atoms with E-state index in [2.05, 4.69) is 65.0 Å². The first-order valence-electron chi connectivity index (χ1n) is 16.7. The van der Waals surface area contributed by atoms with Gasteiger partial charge in [-0.05, 0) is 81.5 Å². The van der Waals surface area contributed by atoms with Crippen molar-refractivity contribution in [3.63, 3.8) is 0 Å². The van der Waals surface area contributed by atoms with E-state index in [1.807, 2.05) is 36.4 Å². The third-order valence-corrected chi connectivity index (χ3v) is 13.8. The lowest BCUT2D eigenvalue weighted by molar-refractivity contribution is -0.118. The zero-order valence-electron chi connectivity index (χ0n) is 27.3. The summed E-state index contributed by atoms with van der Waals surface area (Å²) in [5.74, 6) is 2.69. The normalized spacial score (nSPS) is 26.3. The molecule has 0 aromatic heterocycles. The number of fused-ring (bicyclic) bond motifs is 1. The van der Waals surface area contributed by atoms with Crippen molar-refractivity contribution in [1.29, 1.82) is 0 Å². The van der Waals surface area contributed by atoms with Crippen LogP contribution in [-0.4, -0.2) is 25.7 Å². The van der Waals surface area contributed by atoms with E-state index >= 15 is 0 Å². The molecule has 232 valence electrons. The molecular weight excluding hydrogens is 535 g/mol. The van der Waals surface area contributed by atoms with Crippen LogP contribution in [0.5, 0.6) is 0 Å². The Kier molecular flexibility index (Phi) is 11.8. The van der Waals surface area contributed by atoms with Crippen LogP contribution in [0.3, 0.4) is 0 Å². The summed E-state index contributed by atoms with van der Waals surface area (Å²) in [6, 6.07) is 20.5. The van der Waals surface area contributed by atoms with Crippen molar-refractivity contribution in [2.75, 3.05) is 20.1 Å². The lowest BCUT2D eigenvalue weighted by Gasteiger charge is -2.47. The smallest absolute Gasteiger partial charge is 0.147 e. The molecule has 0 spiro atoms. The van der Waals surface area contributed by atoms with Gasteiger partial charge < -0.3 is 14.0 Å². The predicted molar refractivity (Wildman–Crippen MR) is 179 cm³/mol. The van der Waals surface area contributed by atoms with Crippen molar-refractivity contribution in [2.45, 2.75) is 104 Å². The maximum absolute atomic E-state index is 14.9. The van der Waals surface area contributed by atoms with Gasteiger partial charge >= 0.3 is 0 Å². The summed E-state index contributed by atoms with van der Waals surface area (Å²) >= 11 is 0. The molecule has 0 amide bonds. The number of benzene rings is 2. The SMILES string of the molecule is CCCC[C@@H]1CC[C@]2(C)[C@@H]([C@H](C)CCCC(C)(C)OCOC)CC[C@H]2/C1=C/CP(=O)(c1ccccc1)c1ccccc1. The average molecular weight is 593 g/mol. The first-order chi connectivity index (χ1) is 20.1. The summed E-state index contributed by atoms with van der Waals surface area (Å²) in [7, 11) is -1.08. The Balaban J connectivity index is 1.57. The van der Waals surface area contributed by atoms with Crippen LogP contribution < -0.4 is 10.6 Å². The summed E-state index contributed by atoms with van der Waals surface area (Å²) in [6.07, 6.45) is 15.6. The monoisotopic (exact) mass is 592 g/mol. The quantitative estimate of drug-likeness (QED) is 0.117. The second-order valence-electron chi connectivity index (χ2n) is 14.1. The van der Waals surface area contributed by atoms with Gasteiger partial charge in [0.25, 0.3) is 0 Å². The predicted octanol–water partition coefficient (Wildman–Crippen LogP) is 9.77. The number of methoxy groups -OCH3 is 1. The van der Waals surface area contributed by atoms with Gasteiger partial charge in [0.15, 0.2) is 0 Å². The van der Waals surface area contributed by atoms with E-state index < -0.39 is 7.14 Å². The second-order valence-corrected chi connectivity index (χ2v) is 17.0. The van der Waals surface area contributed by atoms with E-state index in [9.17, 15) is 4.57 Å². The van der Waals surface area contributed by atoms with E-state index in [0.29, 0.717) is 36.1 Å². The summed E-state index contributed by atoms with van der Waals surface area (Å²) in [5.41, 5.74) is 1.84. The molecule has 2 saturated carbocycles. The minimum absolute atomic E-state index is 0.142. The van der Waals surface area contributed by atoms with Crippen LogP contribution in [0.25, 0.3) is 0 Å². The lowest BCUT2D eigenvalue weighted by Crippen LogP contribution is -2.39. The molecule has 0 radical (unpaired) electrons. The largest absolute Gasteiger partial charge is 0.359 e. The summed E-state index contributed by atoms with van der Waals surface area (Å²) in [4.78, 5) is 0. The molecule has 0 saturated heterocycles. The Hall–Kier alpha value is -1.67. The molecule has 2 aliphatic rings. The number of hydrogen-bond donors (Lipinski definition) is 0. The van der Waals surface area contributed by atoms with Crippen molar-refractivity contribution >= 4 is 17.8 Å². The van der Waals surface area contributed by atoms with Gasteiger partial charge in [0.2, 0.25) is 0 Å². The molecular formula is C38H57O3P. The summed E-state index contributed by atoms with van der Waals surface area (Å²) < 4.78 is 26.0. The zero-order chi connectivity index (χ0) is 30.2. The van der Waals surface area contributed by atoms with Gasteiger partial charge in [-0.2, -0.15) is 0 Å². The van der Waals surface area contributed by atoms with Crippen LogP contribution in [0.1, 0.15) is 98.8 Å². The molecule has 4 heteroatoms. The number of rotatable bonds is 15. The van der Waals surface area contributed by atoms with Gasteiger partial charge in [0, 0.05) is 23.9 Å². The molecule has 5 atom stereocenters. The Morgan fingerprint density at radius 1 is 1.00 bits per heavy atom. The van der Waals surface area contributed by atoms with Crippen LogP contribution in [0.15, 0.2) is 72.3 Å². The van der Waals surface area contributed by atoms with Gasteiger partial charge in [-0.15, -0.1) is 0 Å². The van der Waals surface area contributed by atoms with Crippen molar-refractivity contribution < 1.29 is 14.0 Å². The van der Waals surface area contributed by atoms with E-state index in [1.54, 1.807) is 12.7 Å². The minimum atomic E-state index is -2.77. The zero-order valence-corrected chi connectivity index (χ0v) is 28.2. The fourth-order valence-corrected chi connectivity index (χ4v) is 10.9. The second kappa shape index (κ2) is 14.9. The maximum atomic E-state index is 14.9. The number of allylic oxidation sites excluding steroid dienone is 2. The highest BCUT2D eigenvalue weighted by Gasteiger charge is 2.52. The molecule has 0 heterocycles. The van der Waals surface area contributed by atoms with Crippen LogP contribution in [0, 0.1) is 29.1 Å². The standard InChI is InChI=1S/C38H57O3P/c1-7-8-17-31-24-27-38(5)35(30(2)16-15-26-37(3,4)41-29-40-6)22-23-36(38)34(31)25-28-42(39,32-18-11-9-12-19-32)33-20-13-10-14-21-33/h9-14,18-21,25,30-31,35-36H,7-8,15-17,22-24,26-29H2,1-6H3/b34-25+/t30-,31-,35-,36+,38-/m1/s1. The summed E-state index contributed by atoms with van der Waals surface area (Å²) in [5, 5.41) is 1.96. The molecule has 0 bridgehead atoms. The van der Waals surface area contributed by atoms with Crippen molar-refractivity contribution in [3.8, 4) is 0 Å².